The third kappa shape index (κ3) is 3.45. The van der Waals surface area contributed by atoms with Crippen LogP contribution in [0.1, 0.15) is 44.1 Å². The van der Waals surface area contributed by atoms with E-state index >= 15 is 0 Å². The zero-order valence-corrected chi connectivity index (χ0v) is 11.5. The van der Waals surface area contributed by atoms with Gasteiger partial charge in [-0.15, -0.1) is 0 Å². The van der Waals surface area contributed by atoms with Crippen LogP contribution in [-0.2, 0) is 4.79 Å². The number of hydrogen-bond acceptors (Lipinski definition) is 2. The first-order chi connectivity index (χ1) is 8.66. The first-order valence-electron chi connectivity index (χ1n) is 6.60. The maximum atomic E-state index is 12.1. The first-order valence-corrected chi connectivity index (χ1v) is 6.97. The van der Waals surface area contributed by atoms with Gasteiger partial charge in [-0.1, -0.05) is 37.3 Å². The molecular weight excluding hydrogens is 248 g/mol. The second-order valence-electron chi connectivity index (χ2n) is 5.01. The number of nitrogens with one attached hydrogen (secondary N) is 1. The molecule has 1 aliphatic rings. The van der Waals surface area contributed by atoms with Gasteiger partial charge in [-0.2, -0.15) is 0 Å². The average Bonchev–Trinajstić information content (AvgIpc) is 2.62. The molecule has 1 heterocycles. The fraction of sp³-hybridized carbons (Fsp3) is 0.571. The Kier molecular flexibility index (Phi) is 4.59. The molecule has 2 rings (SSSR count). The number of aryl methyl sites for hydroxylation is 1. The molecule has 1 amide bonds. The van der Waals surface area contributed by atoms with Crippen molar-refractivity contribution in [2.24, 2.45) is 5.92 Å². The van der Waals surface area contributed by atoms with Gasteiger partial charge >= 0.3 is 0 Å². The molecule has 0 unspecified atom stereocenters. The van der Waals surface area contributed by atoms with Gasteiger partial charge in [-0.3, -0.25) is 4.79 Å². The highest BCUT2D eigenvalue weighted by Crippen LogP contribution is 2.24. The summed E-state index contributed by atoms with van der Waals surface area (Å²) < 4.78 is 0. The monoisotopic (exact) mass is 266 g/mol. The van der Waals surface area contributed by atoms with E-state index in [0.29, 0.717) is 5.15 Å². The van der Waals surface area contributed by atoms with Gasteiger partial charge in [0.05, 0.1) is 11.9 Å². The summed E-state index contributed by atoms with van der Waals surface area (Å²) >= 11 is 5.86. The van der Waals surface area contributed by atoms with Crippen LogP contribution in [0, 0.1) is 12.8 Å². The summed E-state index contributed by atoms with van der Waals surface area (Å²) in [5.74, 6) is 0.281. The summed E-state index contributed by atoms with van der Waals surface area (Å²) in [7, 11) is 0. The van der Waals surface area contributed by atoms with Crippen LogP contribution in [-0.4, -0.2) is 10.9 Å². The van der Waals surface area contributed by atoms with E-state index < -0.39 is 0 Å². The van der Waals surface area contributed by atoms with Gasteiger partial charge in [0.25, 0.3) is 0 Å². The predicted molar refractivity (Wildman–Crippen MR) is 73.8 cm³/mol. The van der Waals surface area contributed by atoms with E-state index in [4.69, 9.17) is 11.6 Å². The SMILES string of the molecule is Cc1cc(NC(=O)C2CCCCCC2)cnc1Cl. The quantitative estimate of drug-likeness (QED) is 0.650. The molecule has 0 radical (unpaired) electrons. The van der Waals surface area contributed by atoms with Crippen LogP contribution in [0.3, 0.4) is 0 Å². The molecule has 0 spiro atoms. The highest BCUT2D eigenvalue weighted by Gasteiger charge is 2.20. The Morgan fingerprint density at radius 1 is 1.33 bits per heavy atom. The summed E-state index contributed by atoms with van der Waals surface area (Å²) in [5, 5.41) is 3.44. The smallest absolute Gasteiger partial charge is 0.227 e. The number of aromatic nitrogens is 1. The normalized spacial score (nSPS) is 17.2. The number of pyridine rings is 1. The minimum atomic E-state index is 0.125. The van der Waals surface area contributed by atoms with Gasteiger partial charge in [-0.25, -0.2) is 4.98 Å². The number of carbonyl (C=O) groups is 1. The topological polar surface area (TPSA) is 42.0 Å². The Balaban J connectivity index is 1.99. The van der Waals surface area contributed by atoms with Crippen LogP contribution in [0.25, 0.3) is 0 Å². The molecule has 0 atom stereocenters. The molecule has 0 aliphatic heterocycles. The van der Waals surface area contributed by atoms with Crippen molar-refractivity contribution >= 4 is 23.2 Å². The summed E-state index contributed by atoms with van der Waals surface area (Å²) in [6.07, 6.45) is 8.46. The van der Waals surface area contributed by atoms with Gasteiger partial charge in [0.15, 0.2) is 0 Å². The van der Waals surface area contributed by atoms with Crippen molar-refractivity contribution in [3.05, 3.63) is 23.0 Å². The highest BCUT2D eigenvalue weighted by atomic mass is 35.5. The standard InChI is InChI=1S/C14H19ClN2O/c1-10-8-12(9-16-13(10)15)17-14(18)11-6-4-2-3-5-7-11/h8-9,11H,2-7H2,1H3,(H,17,18). The molecule has 1 N–H and O–H groups in total. The maximum Gasteiger partial charge on any atom is 0.227 e. The van der Waals surface area contributed by atoms with E-state index in [1.165, 1.54) is 12.8 Å². The van der Waals surface area contributed by atoms with Gasteiger partial charge in [0.1, 0.15) is 5.15 Å². The lowest BCUT2D eigenvalue weighted by Gasteiger charge is -2.14. The predicted octanol–water partition coefficient (Wildman–Crippen LogP) is 3.95. The molecule has 4 heteroatoms. The van der Waals surface area contributed by atoms with Gasteiger partial charge in [0, 0.05) is 5.92 Å². The largest absolute Gasteiger partial charge is 0.324 e. The zero-order chi connectivity index (χ0) is 13.0. The molecule has 0 aromatic carbocycles. The highest BCUT2D eigenvalue weighted by molar-refractivity contribution is 6.30. The van der Waals surface area contributed by atoms with Crippen molar-refractivity contribution < 1.29 is 4.79 Å². The van der Waals surface area contributed by atoms with Crippen molar-refractivity contribution in [2.75, 3.05) is 5.32 Å². The Morgan fingerprint density at radius 3 is 2.61 bits per heavy atom. The second kappa shape index (κ2) is 6.19. The number of amides is 1. The Hall–Kier alpha value is -1.09. The van der Waals surface area contributed by atoms with Gasteiger partial charge < -0.3 is 5.32 Å². The van der Waals surface area contributed by atoms with Crippen LogP contribution < -0.4 is 5.32 Å². The molecule has 0 bridgehead atoms. The van der Waals surface area contributed by atoms with E-state index in [9.17, 15) is 4.79 Å². The van der Waals surface area contributed by atoms with E-state index in [-0.39, 0.29) is 11.8 Å². The number of hydrogen-bond donors (Lipinski definition) is 1. The zero-order valence-electron chi connectivity index (χ0n) is 10.7. The minimum Gasteiger partial charge on any atom is -0.324 e. The third-order valence-electron chi connectivity index (χ3n) is 3.51. The van der Waals surface area contributed by atoms with E-state index in [1.54, 1.807) is 6.20 Å². The van der Waals surface area contributed by atoms with Crippen molar-refractivity contribution in [1.82, 2.24) is 4.98 Å². The first kappa shape index (κ1) is 13.3. The average molecular weight is 267 g/mol. The van der Waals surface area contributed by atoms with Crippen LogP contribution >= 0.6 is 11.6 Å². The fourth-order valence-electron chi connectivity index (χ4n) is 2.41. The van der Waals surface area contributed by atoms with Crippen LogP contribution in [0.15, 0.2) is 12.3 Å². The van der Waals surface area contributed by atoms with Crippen molar-refractivity contribution in [1.29, 1.82) is 0 Å². The minimum absolute atomic E-state index is 0.125. The summed E-state index contributed by atoms with van der Waals surface area (Å²) in [5.41, 5.74) is 1.63. The molecule has 1 aromatic rings. The molecule has 1 aromatic heterocycles. The Bertz CT molecular complexity index is 426. The third-order valence-corrected chi connectivity index (χ3v) is 3.90. The molecule has 0 saturated heterocycles. The lowest BCUT2D eigenvalue weighted by Crippen LogP contribution is -2.22. The summed E-state index contributed by atoms with van der Waals surface area (Å²) in [6, 6.07) is 1.87. The Morgan fingerprint density at radius 2 is 2.00 bits per heavy atom. The van der Waals surface area contributed by atoms with Gasteiger partial charge in [0.2, 0.25) is 5.91 Å². The van der Waals surface area contributed by atoms with Crippen LogP contribution in [0.5, 0.6) is 0 Å². The van der Waals surface area contributed by atoms with Crippen LogP contribution in [0.2, 0.25) is 5.15 Å². The van der Waals surface area contributed by atoms with E-state index in [1.807, 2.05) is 13.0 Å². The molecule has 1 saturated carbocycles. The second-order valence-corrected chi connectivity index (χ2v) is 5.37. The van der Waals surface area contributed by atoms with Crippen molar-refractivity contribution in [3.63, 3.8) is 0 Å². The van der Waals surface area contributed by atoms with Crippen molar-refractivity contribution in [2.45, 2.75) is 45.4 Å². The maximum absolute atomic E-state index is 12.1. The summed E-state index contributed by atoms with van der Waals surface area (Å²) in [4.78, 5) is 16.2. The number of rotatable bonds is 2. The van der Waals surface area contributed by atoms with E-state index in [0.717, 1.165) is 36.9 Å². The van der Waals surface area contributed by atoms with E-state index in [2.05, 4.69) is 10.3 Å². The molecule has 98 valence electrons. The fourth-order valence-corrected chi connectivity index (χ4v) is 2.52. The molecule has 1 aliphatic carbocycles. The van der Waals surface area contributed by atoms with Gasteiger partial charge in [-0.05, 0) is 31.4 Å². The van der Waals surface area contributed by atoms with Crippen LogP contribution in [0.4, 0.5) is 5.69 Å². The molecule has 3 nitrogen and oxygen atoms in total. The molecular formula is C14H19ClN2O. The lowest BCUT2D eigenvalue weighted by molar-refractivity contribution is -0.120. The number of halogens is 1. The molecule has 1 fully saturated rings. The molecule has 18 heavy (non-hydrogen) atoms. The summed E-state index contributed by atoms with van der Waals surface area (Å²) in [6.45, 7) is 1.89. The van der Waals surface area contributed by atoms with Crippen molar-refractivity contribution in [3.8, 4) is 0 Å². The number of anilines is 1. The number of carbonyl (C=O) groups excluding carboxylic acids is 1. The lowest BCUT2D eigenvalue weighted by atomic mass is 9.99. The number of nitrogens with zero attached hydrogens (tertiary/aromatic N) is 1. The Labute approximate surface area is 113 Å².